The standard InChI is InChI=1S/C15H20N2O4/c1-2-11-3-5-12(6-4-11)7-8-13(18)16-9-14(19)17-10-15(20)21/h3-6H,2,7-10H2,1H3,(H,16,18)(H,17,19)(H,20,21). The third-order valence-electron chi connectivity index (χ3n) is 2.95. The van der Waals surface area contributed by atoms with E-state index in [1.807, 2.05) is 24.3 Å². The molecule has 1 aromatic rings. The SMILES string of the molecule is CCc1ccc(CCC(=O)NCC(=O)NCC(=O)O)cc1. The minimum absolute atomic E-state index is 0.207. The molecule has 3 N–H and O–H groups in total. The van der Waals surface area contributed by atoms with E-state index in [0.717, 1.165) is 12.0 Å². The average Bonchev–Trinajstić information content (AvgIpc) is 2.49. The van der Waals surface area contributed by atoms with Gasteiger partial charge in [-0.15, -0.1) is 0 Å². The minimum atomic E-state index is -1.12. The van der Waals surface area contributed by atoms with Crippen LogP contribution in [0.4, 0.5) is 0 Å². The molecule has 0 saturated heterocycles. The van der Waals surface area contributed by atoms with Crippen molar-refractivity contribution in [2.75, 3.05) is 13.1 Å². The van der Waals surface area contributed by atoms with Gasteiger partial charge in [0, 0.05) is 6.42 Å². The summed E-state index contributed by atoms with van der Waals surface area (Å²) < 4.78 is 0. The lowest BCUT2D eigenvalue weighted by Crippen LogP contribution is -2.39. The Bertz CT molecular complexity index is 497. The Morgan fingerprint density at radius 2 is 1.52 bits per heavy atom. The van der Waals surface area contributed by atoms with Crippen molar-refractivity contribution < 1.29 is 19.5 Å². The fraction of sp³-hybridized carbons (Fsp3) is 0.400. The molecule has 114 valence electrons. The zero-order valence-corrected chi connectivity index (χ0v) is 12.0. The predicted molar refractivity (Wildman–Crippen MR) is 77.8 cm³/mol. The maximum atomic E-state index is 11.6. The van der Waals surface area contributed by atoms with Gasteiger partial charge in [-0.3, -0.25) is 14.4 Å². The Labute approximate surface area is 123 Å². The van der Waals surface area contributed by atoms with Crippen LogP contribution in [0.5, 0.6) is 0 Å². The normalized spacial score (nSPS) is 9.95. The van der Waals surface area contributed by atoms with Crippen molar-refractivity contribution in [3.05, 3.63) is 35.4 Å². The molecule has 0 aliphatic carbocycles. The van der Waals surface area contributed by atoms with Gasteiger partial charge in [0.2, 0.25) is 11.8 Å². The number of rotatable bonds is 8. The molecule has 0 spiro atoms. The minimum Gasteiger partial charge on any atom is -0.480 e. The highest BCUT2D eigenvalue weighted by atomic mass is 16.4. The summed E-state index contributed by atoms with van der Waals surface area (Å²) >= 11 is 0. The molecule has 0 fully saturated rings. The Hall–Kier alpha value is -2.37. The van der Waals surface area contributed by atoms with Gasteiger partial charge in [0.25, 0.3) is 0 Å². The number of hydrogen-bond donors (Lipinski definition) is 3. The number of carbonyl (C=O) groups is 3. The van der Waals surface area contributed by atoms with Gasteiger partial charge in [0.05, 0.1) is 6.54 Å². The van der Waals surface area contributed by atoms with E-state index in [4.69, 9.17) is 5.11 Å². The molecule has 1 rings (SSSR count). The van der Waals surface area contributed by atoms with Crippen LogP contribution in [0, 0.1) is 0 Å². The summed E-state index contributed by atoms with van der Waals surface area (Å²) in [7, 11) is 0. The second-order valence-electron chi connectivity index (χ2n) is 4.62. The zero-order valence-electron chi connectivity index (χ0n) is 12.0. The molecule has 6 heteroatoms. The maximum absolute atomic E-state index is 11.6. The predicted octanol–water partition coefficient (Wildman–Crippen LogP) is 0.499. The average molecular weight is 292 g/mol. The van der Waals surface area contributed by atoms with Crippen LogP contribution in [0.25, 0.3) is 0 Å². The van der Waals surface area contributed by atoms with Gasteiger partial charge in [-0.25, -0.2) is 0 Å². The lowest BCUT2D eigenvalue weighted by Gasteiger charge is -2.06. The number of aliphatic carboxylic acids is 1. The summed E-state index contributed by atoms with van der Waals surface area (Å²) in [5.74, 6) is -1.87. The molecule has 0 aliphatic heterocycles. The van der Waals surface area contributed by atoms with E-state index in [2.05, 4.69) is 17.6 Å². The van der Waals surface area contributed by atoms with Crippen molar-refractivity contribution in [3.8, 4) is 0 Å². The lowest BCUT2D eigenvalue weighted by atomic mass is 10.1. The van der Waals surface area contributed by atoms with Crippen LogP contribution in [0.1, 0.15) is 24.5 Å². The van der Waals surface area contributed by atoms with Gasteiger partial charge in [-0.2, -0.15) is 0 Å². The number of amides is 2. The molecule has 0 aromatic heterocycles. The van der Waals surface area contributed by atoms with Gasteiger partial charge in [0.1, 0.15) is 6.54 Å². The van der Waals surface area contributed by atoms with Gasteiger partial charge in [0.15, 0.2) is 0 Å². The topological polar surface area (TPSA) is 95.5 Å². The van der Waals surface area contributed by atoms with Crippen molar-refractivity contribution in [1.29, 1.82) is 0 Å². The smallest absolute Gasteiger partial charge is 0.322 e. The number of aryl methyl sites for hydroxylation is 2. The van der Waals surface area contributed by atoms with Gasteiger partial charge < -0.3 is 15.7 Å². The summed E-state index contributed by atoms with van der Waals surface area (Å²) in [5.41, 5.74) is 2.32. The second-order valence-corrected chi connectivity index (χ2v) is 4.62. The number of hydrogen-bond acceptors (Lipinski definition) is 3. The Balaban J connectivity index is 2.24. The van der Waals surface area contributed by atoms with Gasteiger partial charge in [-0.1, -0.05) is 31.2 Å². The molecule has 6 nitrogen and oxygen atoms in total. The largest absolute Gasteiger partial charge is 0.480 e. The highest BCUT2D eigenvalue weighted by molar-refractivity contribution is 5.86. The Morgan fingerprint density at radius 1 is 0.952 bits per heavy atom. The van der Waals surface area contributed by atoms with E-state index in [0.29, 0.717) is 6.42 Å². The van der Waals surface area contributed by atoms with E-state index >= 15 is 0 Å². The molecule has 1 aromatic carbocycles. The first-order valence-corrected chi connectivity index (χ1v) is 6.84. The summed E-state index contributed by atoms with van der Waals surface area (Å²) in [6.07, 6.45) is 1.87. The quantitative estimate of drug-likeness (QED) is 0.650. The Kier molecular flexibility index (Phi) is 6.94. The van der Waals surface area contributed by atoms with Crippen LogP contribution >= 0.6 is 0 Å². The fourth-order valence-electron chi connectivity index (χ4n) is 1.70. The van der Waals surface area contributed by atoms with Crippen LogP contribution in [-0.4, -0.2) is 36.0 Å². The van der Waals surface area contributed by atoms with E-state index in [1.54, 1.807) is 0 Å². The van der Waals surface area contributed by atoms with Crippen molar-refractivity contribution in [2.45, 2.75) is 26.2 Å². The fourth-order valence-corrected chi connectivity index (χ4v) is 1.70. The highest BCUT2D eigenvalue weighted by Crippen LogP contribution is 2.07. The van der Waals surface area contributed by atoms with Crippen molar-refractivity contribution in [3.63, 3.8) is 0 Å². The van der Waals surface area contributed by atoms with Crippen LogP contribution in [0.15, 0.2) is 24.3 Å². The van der Waals surface area contributed by atoms with Crippen molar-refractivity contribution in [2.24, 2.45) is 0 Å². The molecule has 2 amide bonds. The van der Waals surface area contributed by atoms with E-state index in [1.165, 1.54) is 5.56 Å². The van der Waals surface area contributed by atoms with E-state index < -0.39 is 18.4 Å². The zero-order chi connectivity index (χ0) is 15.7. The number of carbonyl (C=O) groups excluding carboxylic acids is 2. The molecular formula is C15H20N2O4. The molecule has 0 radical (unpaired) electrons. The molecule has 0 saturated carbocycles. The third kappa shape index (κ3) is 7.10. The second kappa shape index (κ2) is 8.73. The monoisotopic (exact) mass is 292 g/mol. The first kappa shape index (κ1) is 16.7. The van der Waals surface area contributed by atoms with Crippen molar-refractivity contribution >= 4 is 17.8 Å². The number of carboxylic acid groups (broad SMARTS) is 1. The molecule has 0 bridgehead atoms. The first-order valence-electron chi connectivity index (χ1n) is 6.84. The van der Waals surface area contributed by atoms with E-state index in [9.17, 15) is 14.4 Å². The number of carboxylic acids is 1. The van der Waals surface area contributed by atoms with Gasteiger partial charge in [-0.05, 0) is 24.0 Å². The number of nitrogens with one attached hydrogen (secondary N) is 2. The summed E-state index contributed by atoms with van der Waals surface area (Å²) in [6.45, 7) is 1.43. The van der Waals surface area contributed by atoms with Crippen molar-refractivity contribution in [1.82, 2.24) is 10.6 Å². The first-order chi connectivity index (χ1) is 10.0. The molecule has 0 atom stereocenters. The molecule has 0 heterocycles. The molecule has 0 aliphatic rings. The lowest BCUT2D eigenvalue weighted by molar-refractivity contribution is -0.137. The van der Waals surface area contributed by atoms with E-state index in [-0.39, 0.29) is 18.9 Å². The summed E-state index contributed by atoms with van der Waals surface area (Å²) in [4.78, 5) is 33.0. The molecule has 21 heavy (non-hydrogen) atoms. The van der Waals surface area contributed by atoms with Gasteiger partial charge >= 0.3 is 5.97 Å². The molecule has 0 unspecified atom stereocenters. The Morgan fingerprint density at radius 3 is 2.10 bits per heavy atom. The third-order valence-corrected chi connectivity index (χ3v) is 2.95. The molecular weight excluding hydrogens is 272 g/mol. The summed E-state index contributed by atoms with van der Waals surface area (Å²) in [5, 5.41) is 13.0. The maximum Gasteiger partial charge on any atom is 0.322 e. The highest BCUT2D eigenvalue weighted by Gasteiger charge is 2.07. The number of benzene rings is 1. The summed E-state index contributed by atoms with van der Waals surface area (Å²) in [6, 6.07) is 8.05. The van der Waals surface area contributed by atoms with Crippen LogP contribution in [0.2, 0.25) is 0 Å². The van der Waals surface area contributed by atoms with Crippen LogP contribution in [-0.2, 0) is 27.2 Å². The van der Waals surface area contributed by atoms with Crippen LogP contribution < -0.4 is 10.6 Å². The van der Waals surface area contributed by atoms with Crippen LogP contribution in [0.3, 0.4) is 0 Å².